The van der Waals surface area contributed by atoms with Gasteiger partial charge in [-0.3, -0.25) is 4.90 Å². The summed E-state index contributed by atoms with van der Waals surface area (Å²) in [4.78, 5) is 5.02. The van der Waals surface area contributed by atoms with Gasteiger partial charge in [0.05, 0.1) is 5.60 Å². The molecule has 1 aromatic rings. The van der Waals surface area contributed by atoms with Crippen molar-refractivity contribution in [3.8, 4) is 0 Å². The first-order valence-electron chi connectivity index (χ1n) is 7.05. The second kappa shape index (κ2) is 6.60. The van der Waals surface area contributed by atoms with Crippen LogP contribution < -0.4 is 10.6 Å². The van der Waals surface area contributed by atoms with Crippen LogP contribution in [0, 0.1) is 0 Å². The smallest absolute Gasteiger partial charge is 0.106 e. The van der Waals surface area contributed by atoms with Crippen LogP contribution in [0.4, 0.5) is 5.69 Å². The SMILES string of the molecule is CC(C)(O)CN1CCN(c2cc(Br)ccc2C(N)=S)CC1. The number of β-amino-alcohol motifs (C(OH)–C–C–N with tert-alkyl or cyclic N) is 1. The molecule has 1 saturated heterocycles. The van der Waals surface area contributed by atoms with E-state index in [9.17, 15) is 5.11 Å². The number of halogens is 1. The van der Waals surface area contributed by atoms with Crippen LogP contribution in [-0.2, 0) is 0 Å². The molecule has 0 amide bonds. The summed E-state index contributed by atoms with van der Waals surface area (Å²) in [6.07, 6.45) is 0. The van der Waals surface area contributed by atoms with Crippen LogP contribution in [0.1, 0.15) is 19.4 Å². The number of nitrogens with two attached hydrogens (primary N) is 1. The number of benzene rings is 1. The molecule has 0 unspecified atom stereocenters. The number of thiocarbonyl (C=S) groups is 1. The van der Waals surface area contributed by atoms with Crippen molar-refractivity contribution in [3.63, 3.8) is 0 Å². The summed E-state index contributed by atoms with van der Waals surface area (Å²) < 4.78 is 1.02. The monoisotopic (exact) mass is 371 g/mol. The van der Waals surface area contributed by atoms with Crippen LogP contribution in [0.15, 0.2) is 22.7 Å². The van der Waals surface area contributed by atoms with Gasteiger partial charge in [-0.1, -0.05) is 28.1 Å². The molecule has 0 radical (unpaired) electrons. The van der Waals surface area contributed by atoms with Crippen LogP contribution in [0.5, 0.6) is 0 Å². The van der Waals surface area contributed by atoms with E-state index in [0.29, 0.717) is 11.5 Å². The zero-order valence-electron chi connectivity index (χ0n) is 12.5. The summed E-state index contributed by atoms with van der Waals surface area (Å²) in [6.45, 7) is 8.05. The summed E-state index contributed by atoms with van der Waals surface area (Å²) in [7, 11) is 0. The van der Waals surface area contributed by atoms with Gasteiger partial charge < -0.3 is 15.7 Å². The van der Waals surface area contributed by atoms with Gasteiger partial charge in [-0.05, 0) is 32.0 Å². The number of hydrogen-bond acceptors (Lipinski definition) is 4. The fourth-order valence-electron chi connectivity index (χ4n) is 2.67. The van der Waals surface area contributed by atoms with E-state index in [1.165, 1.54) is 0 Å². The third-order valence-corrected chi connectivity index (χ3v) is 4.26. The molecular weight excluding hydrogens is 350 g/mol. The Morgan fingerprint density at radius 2 is 1.95 bits per heavy atom. The second-order valence-electron chi connectivity index (χ2n) is 6.10. The molecule has 116 valence electrons. The Bertz CT molecular complexity index is 522. The Balaban J connectivity index is 2.09. The highest BCUT2D eigenvalue weighted by molar-refractivity contribution is 9.10. The highest BCUT2D eigenvalue weighted by Gasteiger charge is 2.24. The molecule has 0 aromatic heterocycles. The van der Waals surface area contributed by atoms with Gasteiger partial charge in [-0.15, -0.1) is 0 Å². The topological polar surface area (TPSA) is 52.7 Å². The predicted octanol–water partition coefficient (Wildman–Crippen LogP) is 1.98. The first-order chi connectivity index (χ1) is 9.76. The average molecular weight is 372 g/mol. The summed E-state index contributed by atoms with van der Waals surface area (Å²) >= 11 is 8.66. The van der Waals surface area contributed by atoms with E-state index in [4.69, 9.17) is 18.0 Å². The third kappa shape index (κ3) is 4.64. The summed E-state index contributed by atoms with van der Waals surface area (Å²) in [6, 6.07) is 5.99. The summed E-state index contributed by atoms with van der Waals surface area (Å²) in [5.41, 5.74) is 7.18. The Morgan fingerprint density at radius 1 is 1.33 bits per heavy atom. The zero-order chi connectivity index (χ0) is 15.6. The summed E-state index contributed by atoms with van der Waals surface area (Å²) in [5.74, 6) is 0. The van der Waals surface area contributed by atoms with Crippen LogP contribution >= 0.6 is 28.1 Å². The maximum Gasteiger partial charge on any atom is 0.106 e. The fourth-order valence-corrected chi connectivity index (χ4v) is 3.19. The van der Waals surface area contributed by atoms with Crippen molar-refractivity contribution in [1.29, 1.82) is 0 Å². The fraction of sp³-hybridized carbons (Fsp3) is 0.533. The molecule has 0 aliphatic carbocycles. The second-order valence-corrected chi connectivity index (χ2v) is 7.46. The van der Waals surface area contributed by atoms with E-state index < -0.39 is 5.60 Å². The number of nitrogens with zero attached hydrogens (tertiary/aromatic N) is 2. The standard InChI is InChI=1S/C15H22BrN3OS/c1-15(2,20)10-18-5-7-19(8-6-18)13-9-11(16)3-4-12(13)14(17)21/h3-4,9,20H,5-8,10H2,1-2H3,(H2,17,21). The zero-order valence-corrected chi connectivity index (χ0v) is 14.9. The van der Waals surface area contributed by atoms with Gasteiger partial charge in [0.1, 0.15) is 4.99 Å². The molecule has 1 aliphatic rings. The van der Waals surface area contributed by atoms with Crippen LogP contribution in [0.3, 0.4) is 0 Å². The minimum absolute atomic E-state index is 0.427. The number of piperazine rings is 1. The number of aliphatic hydroxyl groups is 1. The third-order valence-electron chi connectivity index (χ3n) is 3.55. The molecule has 1 heterocycles. The molecule has 0 bridgehead atoms. The molecule has 0 spiro atoms. The molecule has 0 atom stereocenters. The van der Waals surface area contributed by atoms with Gasteiger partial charge in [-0.2, -0.15) is 0 Å². The van der Waals surface area contributed by atoms with Crippen LogP contribution in [-0.4, -0.2) is 53.3 Å². The minimum atomic E-state index is -0.651. The number of hydrogen-bond donors (Lipinski definition) is 2. The molecule has 6 heteroatoms. The van der Waals surface area contributed by atoms with E-state index >= 15 is 0 Å². The van der Waals surface area contributed by atoms with E-state index in [1.807, 2.05) is 26.0 Å². The Kier molecular flexibility index (Phi) is 5.24. The van der Waals surface area contributed by atoms with Crippen LogP contribution in [0.2, 0.25) is 0 Å². The van der Waals surface area contributed by atoms with Crippen molar-refractivity contribution >= 4 is 38.8 Å². The van der Waals surface area contributed by atoms with Gasteiger partial charge in [0, 0.05) is 48.4 Å². The van der Waals surface area contributed by atoms with E-state index in [2.05, 4.69) is 31.8 Å². The Morgan fingerprint density at radius 3 is 2.48 bits per heavy atom. The average Bonchev–Trinajstić information content (AvgIpc) is 2.37. The molecule has 0 saturated carbocycles. The van der Waals surface area contributed by atoms with Crippen molar-refractivity contribution in [2.45, 2.75) is 19.4 Å². The minimum Gasteiger partial charge on any atom is -0.389 e. The van der Waals surface area contributed by atoms with Crippen LogP contribution in [0.25, 0.3) is 0 Å². The quantitative estimate of drug-likeness (QED) is 0.792. The van der Waals surface area contributed by atoms with E-state index in [0.717, 1.165) is 41.9 Å². The van der Waals surface area contributed by atoms with Crippen molar-refractivity contribution in [2.75, 3.05) is 37.6 Å². The first-order valence-corrected chi connectivity index (χ1v) is 8.25. The Hall–Kier alpha value is -0.690. The number of rotatable bonds is 4. The molecule has 1 aromatic carbocycles. The highest BCUT2D eigenvalue weighted by atomic mass is 79.9. The lowest BCUT2D eigenvalue weighted by Crippen LogP contribution is -2.50. The molecule has 4 nitrogen and oxygen atoms in total. The predicted molar refractivity (Wildman–Crippen MR) is 95.0 cm³/mol. The lowest BCUT2D eigenvalue weighted by molar-refractivity contribution is 0.0345. The van der Waals surface area contributed by atoms with Gasteiger partial charge in [0.2, 0.25) is 0 Å². The molecule has 2 rings (SSSR count). The largest absolute Gasteiger partial charge is 0.389 e. The van der Waals surface area contributed by atoms with Crippen molar-refractivity contribution in [3.05, 3.63) is 28.2 Å². The van der Waals surface area contributed by atoms with E-state index in [-0.39, 0.29) is 0 Å². The molecule has 1 aliphatic heterocycles. The first kappa shape index (κ1) is 16.7. The summed E-state index contributed by atoms with van der Waals surface area (Å²) in [5, 5.41) is 9.91. The number of anilines is 1. The van der Waals surface area contributed by atoms with Crippen molar-refractivity contribution < 1.29 is 5.11 Å². The van der Waals surface area contributed by atoms with E-state index in [1.54, 1.807) is 0 Å². The van der Waals surface area contributed by atoms with Gasteiger partial charge in [-0.25, -0.2) is 0 Å². The normalized spacial score (nSPS) is 17.0. The molecular formula is C15H22BrN3OS. The van der Waals surface area contributed by atoms with Gasteiger partial charge in [0.25, 0.3) is 0 Å². The van der Waals surface area contributed by atoms with Crippen molar-refractivity contribution in [1.82, 2.24) is 4.90 Å². The maximum absolute atomic E-state index is 9.91. The van der Waals surface area contributed by atoms with Crippen molar-refractivity contribution in [2.24, 2.45) is 5.73 Å². The highest BCUT2D eigenvalue weighted by Crippen LogP contribution is 2.26. The van der Waals surface area contributed by atoms with Gasteiger partial charge in [0.15, 0.2) is 0 Å². The van der Waals surface area contributed by atoms with Gasteiger partial charge >= 0.3 is 0 Å². The molecule has 1 fully saturated rings. The maximum atomic E-state index is 9.91. The lowest BCUT2D eigenvalue weighted by atomic mass is 10.1. The Labute approximate surface area is 140 Å². The molecule has 3 N–H and O–H groups in total. The molecule has 21 heavy (non-hydrogen) atoms. The lowest BCUT2D eigenvalue weighted by Gasteiger charge is -2.39.